The van der Waals surface area contributed by atoms with Crippen molar-refractivity contribution in [3.8, 4) is 22.8 Å². The Morgan fingerprint density at radius 2 is 1.86 bits per heavy atom. The van der Waals surface area contributed by atoms with Gasteiger partial charge in [-0.25, -0.2) is 18.3 Å². The molecule has 1 saturated carbocycles. The van der Waals surface area contributed by atoms with Crippen LogP contribution in [0.2, 0.25) is 0 Å². The van der Waals surface area contributed by atoms with Crippen LogP contribution in [-0.2, 0) is 28.5 Å². The summed E-state index contributed by atoms with van der Waals surface area (Å²) in [5.41, 5.74) is 0.969. The lowest BCUT2D eigenvalue weighted by atomic mass is 9.88. The topological polar surface area (TPSA) is 118 Å². The largest absolute Gasteiger partial charge is 0.490 e. The lowest BCUT2D eigenvalue weighted by molar-refractivity contribution is 0.0396. The molecule has 0 spiro atoms. The molecule has 0 bridgehead atoms. The first-order valence-corrected chi connectivity index (χ1v) is 16.2. The van der Waals surface area contributed by atoms with Gasteiger partial charge in [0.15, 0.2) is 11.5 Å². The van der Waals surface area contributed by atoms with Gasteiger partial charge in [-0.05, 0) is 102 Å². The average molecular weight is 625 g/mol. The Bertz CT molecular complexity index is 1570. The summed E-state index contributed by atoms with van der Waals surface area (Å²) in [7, 11) is -1.42. The van der Waals surface area contributed by atoms with E-state index in [1.807, 2.05) is 33.8 Å². The number of aliphatic hydroxyl groups excluding tert-OH is 1. The van der Waals surface area contributed by atoms with Gasteiger partial charge in [0.05, 0.1) is 33.1 Å². The van der Waals surface area contributed by atoms with Crippen LogP contribution in [0.5, 0.6) is 11.5 Å². The highest BCUT2D eigenvalue weighted by Gasteiger charge is 2.43. The molecule has 236 valence electrons. The summed E-state index contributed by atoms with van der Waals surface area (Å²) in [6.07, 6.45) is 2.64. The van der Waals surface area contributed by atoms with E-state index in [1.165, 1.54) is 12.1 Å². The monoisotopic (exact) mass is 624 g/mol. The minimum absolute atomic E-state index is 0.0173. The zero-order chi connectivity index (χ0) is 31.9. The summed E-state index contributed by atoms with van der Waals surface area (Å²) in [5, 5.41) is 21.2. The van der Waals surface area contributed by atoms with Crippen molar-refractivity contribution >= 4 is 16.8 Å². The van der Waals surface area contributed by atoms with Crippen molar-refractivity contribution < 1.29 is 33.1 Å². The summed E-state index contributed by atoms with van der Waals surface area (Å²) in [5.74, 6) is 0.536. The van der Waals surface area contributed by atoms with Crippen molar-refractivity contribution in [1.29, 1.82) is 0 Å². The molecule has 5 rings (SSSR count). The van der Waals surface area contributed by atoms with E-state index in [0.29, 0.717) is 46.0 Å². The van der Waals surface area contributed by atoms with Crippen molar-refractivity contribution in [2.75, 3.05) is 13.2 Å². The van der Waals surface area contributed by atoms with Crippen LogP contribution >= 0.6 is 0 Å². The number of aromatic nitrogens is 1. The number of fused-ring (bicyclic) bond motifs is 1. The molecule has 10 heteroatoms. The van der Waals surface area contributed by atoms with Gasteiger partial charge in [0.1, 0.15) is 29.5 Å². The number of Topliss-reactive ketones (excluding diaryl/α,β-unsaturated/α-hetero) is 1. The molecule has 3 atom stereocenters. The van der Waals surface area contributed by atoms with Crippen LogP contribution in [0.15, 0.2) is 48.5 Å². The number of pyridine rings is 1. The number of hydrogen-bond acceptors (Lipinski definition) is 7. The second kappa shape index (κ2) is 12.3. The molecule has 2 aliphatic rings. The molecule has 3 N–H and O–H groups in total. The molecule has 1 aromatic heterocycles. The lowest BCUT2D eigenvalue weighted by Crippen LogP contribution is -2.47. The number of halogens is 1. The van der Waals surface area contributed by atoms with Crippen LogP contribution in [0.1, 0.15) is 87.5 Å². The van der Waals surface area contributed by atoms with Gasteiger partial charge in [0, 0.05) is 29.7 Å². The number of ketones is 1. The first kappa shape index (κ1) is 32.2. The highest BCUT2D eigenvalue weighted by molar-refractivity contribution is 7.84. The lowest BCUT2D eigenvalue weighted by Gasteiger charge is -2.30. The Morgan fingerprint density at radius 3 is 2.50 bits per heavy atom. The van der Waals surface area contributed by atoms with E-state index in [4.69, 9.17) is 14.5 Å². The van der Waals surface area contributed by atoms with Crippen molar-refractivity contribution in [2.24, 2.45) is 0 Å². The molecule has 1 aliphatic carbocycles. The molecule has 2 aromatic carbocycles. The second-order valence-corrected chi connectivity index (χ2v) is 15.1. The van der Waals surface area contributed by atoms with Crippen LogP contribution in [0.4, 0.5) is 4.39 Å². The highest BCUT2D eigenvalue weighted by atomic mass is 32.2. The number of nitrogens with zero attached hydrogens (tertiary/aromatic N) is 1. The van der Waals surface area contributed by atoms with Crippen LogP contribution in [-0.4, -0.2) is 49.3 Å². The van der Waals surface area contributed by atoms with E-state index in [0.717, 1.165) is 18.4 Å². The maximum Gasteiger partial charge on any atom is 0.163 e. The first-order valence-electron chi connectivity index (χ1n) is 15.0. The molecule has 8 nitrogen and oxygen atoms in total. The summed E-state index contributed by atoms with van der Waals surface area (Å²) in [6.45, 7) is 9.30. The fraction of sp³-hybridized carbons (Fsp3) is 0.471. The molecule has 0 saturated heterocycles. The number of benzene rings is 2. The Hall–Kier alpha value is -3.18. The van der Waals surface area contributed by atoms with Gasteiger partial charge in [-0.2, -0.15) is 0 Å². The van der Waals surface area contributed by atoms with Crippen molar-refractivity contribution in [2.45, 2.75) is 88.7 Å². The number of aliphatic hydroxyl groups is 2. The van der Waals surface area contributed by atoms with E-state index in [2.05, 4.69) is 4.72 Å². The maximum absolute atomic E-state index is 13.8. The Balaban J connectivity index is 1.45. The molecule has 1 aliphatic heterocycles. The summed E-state index contributed by atoms with van der Waals surface area (Å²) in [6, 6.07) is 12.9. The van der Waals surface area contributed by atoms with Gasteiger partial charge >= 0.3 is 0 Å². The minimum atomic E-state index is -1.52. The number of nitrogens with one attached hydrogen (secondary N) is 1. The van der Waals surface area contributed by atoms with E-state index >= 15 is 0 Å². The zero-order valence-electron chi connectivity index (χ0n) is 25.9. The Labute approximate surface area is 260 Å². The van der Waals surface area contributed by atoms with Crippen molar-refractivity contribution in [1.82, 2.24) is 9.71 Å². The number of ether oxygens (including phenoxy) is 2. The van der Waals surface area contributed by atoms with Crippen molar-refractivity contribution in [3.05, 3.63) is 76.7 Å². The number of rotatable bonds is 12. The van der Waals surface area contributed by atoms with Crippen LogP contribution in [0.3, 0.4) is 0 Å². The van der Waals surface area contributed by atoms with E-state index in [1.54, 1.807) is 37.3 Å². The molecule has 0 radical (unpaired) electrons. The molecular weight excluding hydrogens is 583 g/mol. The van der Waals surface area contributed by atoms with E-state index in [9.17, 15) is 23.6 Å². The van der Waals surface area contributed by atoms with Gasteiger partial charge in [-0.3, -0.25) is 4.79 Å². The van der Waals surface area contributed by atoms with Crippen molar-refractivity contribution in [3.63, 3.8) is 0 Å². The van der Waals surface area contributed by atoms with E-state index in [-0.39, 0.29) is 37.9 Å². The third kappa shape index (κ3) is 7.04. The van der Waals surface area contributed by atoms with Gasteiger partial charge in [-0.1, -0.05) is 12.1 Å². The Kier molecular flexibility index (Phi) is 9.01. The number of carbonyl (C=O) groups is 1. The number of carbonyl (C=O) groups excluding carboxylic acids is 1. The third-order valence-corrected chi connectivity index (χ3v) is 9.79. The molecule has 44 heavy (non-hydrogen) atoms. The third-order valence-electron chi connectivity index (χ3n) is 8.04. The molecular formula is C34H41FN2O6S. The first-order chi connectivity index (χ1) is 20.7. The second-order valence-electron chi connectivity index (χ2n) is 13.2. The van der Waals surface area contributed by atoms with Gasteiger partial charge in [-0.15, -0.1) is 0 Å². The normalized spacial score (nSPS) is 20.0. The van der Waals surface area contributed by atoms with Crippen LogP contribution in [0.25, 0.3) is 11.3 Å². The average Bonchev–Trinajstić information content (AvgIpc) is 3.73. The summed E-state index contributed by atoms with van der Waals surface area (Å²) in [4.78, 5) is 18.1. The zero-order valence-corrected chi connectivity index (χ0v) is 26.7. The molecule has 2 heterocycles. The predicted molar refractivity (Wildman–Crippen MR) is 168 cm³/mol. The predicted octanol–water partition coefficient (Wildman–Crippen LogP) is 5.49. The molecule has 3 aromatic rings. The van der Waals surface area contributed by atoms with Gasteiger partial charge in [0.2, 0.25) is 0 Å². The smallest absolute Gasteiger partial charge is 0.163 e. The van der Waals surface area contributed by atoms with E-state index < -0.39 is 32.7 Å². The Morgan fingerprint density at radius 1 is 1.16 bits per heavy atom. The fourth-order valence-electron chi connectivity index (χ4n) is 5.06. The molecule has 1 fully saturated rings. The molecule has 0 amide bonds. The SMILES string of the molecule is CC(O)(CCC(=O)c1ccc(CCO)c(OC2CC2)c1)c1cc2c(c(-c3ccc(F)cc3)n1)OCC2(C)NS(=O)C(C)(C)C. The molecule has 3 unspecified atom stereocenters. The standard InChI is InChI=1S/C34H41FN2O6S/c1-32(2,3)44(41)37-33(4)20-42-31-26(33)19-29(36-30(31)22-8-10-24(35)11-9-22)34(5,40)16-14-27(39)23-7-6-21(15-17-38)28(18-23)43-25-12-13-25/h6-11,18-19,25,37-38,40H,12-17,20H2,1-5H3. The minimum Gasteiger partial charge on any atom is -0.490 e. The van der Waals surface area contributed by atoms with Crippen LogP contribution < -0.4 is 14.2 Å². The van der Waals surface area contributed by atoms with Crippen LogP contribution in [0, 0.1) is 5.82 Å². The van der Waals surface area contributed by atoms with Gasteiger partial charge in [0.25, 0.3) is 0 Å². The van der Waals surface area contributed by atoms with Gasteiger partial charge < -0.3 is 19.7 Å². The maximum atomic E-state index is 13.8. The summed E-state index contributed by atoms with van der Waals surface area (Å²) >= 11 is 0. The summed E-state index contributed by atoms with van der Waals surface area (Å²) < 4.78 is 41.8. The number of hydrogen-bond donors (Lipinski definition) is 3. The fourth-order valence-corrected chi connectivity index (χ4v) is 5.95. The quantitative estimate of drug-likeness (QED) is 0.228. The highest BCUT2D eigenvalue weighted by Crippen LogP contribution is 2.45.